The molecule has 1 fully saturated rings. The maximum Gasteiger partial charge on any atom is 0.262 e. The van der Waals surface area contributed by atoms with Crippen LogP contribution in [0, 0.1) is 5.82 Å². The van der Waals surface area contributed by atoms with E-state index in [-0.39, 0.29) is 24.6 Å². The predicted molar refractivity (Wildman–Crippen MR) is 129 cm³/mol. The zero-order chi connectivity index (χ0) is 24.9. The molecule has 3 unspecified atom stereocenters. The smallest absolute Gasteiger partial charge is 0.262 e. The molecule has 3 amide bonds. The normalized spacial score (nSPS) is 19.3. The Hall–Kier alpha value is -2.05. The highest BCUT2D eigenvalue weighted by Gasteiger charge is 2.35. The van der Waals surface area contributed by atoms with Gasteiger partial charge in [0, 0.05) is 24.6 Å². The van der Waals surface area contributed by atoms with Gasteiger partial charge in [-0.2, -0.15) is 0 Å². The molecule has 1 saturated heterocycles. The van der Waals surface area contributed by atoms with E-state index in [4.69, 9.17) is 16.3 Å². The first-order chi connectivity index (χ1) is 16.0. The van der Waals surface area contributed by atoms with E-state index < -0.39 is 41.2 Å². The summed E-state index contributed by atoms with van der Waals surface area (Å²) in [6.45, 7) is 1.84. The molecule has 0 spiro atoms. The van der Waals surface area contributed by atoms with Crippen molar-refractivity contribution in [2.24, 2.45) is 0 Å². The fourth-order valence-electron chi connectivity index (χ4n) is 3.43. The molecule has 1 aromatic carbocycles. The van der Waals surface area contributed by atoms with Gasteiger partial charge in [-0.1, -0.05) is 11.6 Å². The third kappa shape index (κ3) is 7.47. The van der Waals surface area contributed by atoms with Crippen molar-refractivity contribution in [3.05, 3.63) is 55.4 Å². The van der Waals surface area contributed by atoms with Crippen molar-refractivity contribution in [1.82, 2.24) is 16.0 Å². The van der Waals surface area contributed by atoms with E-state index in [1.165, 1.54) is 30.4 Å². The number of thiophene rings is 1. The average molecular weight is 577 g/mol. The number of halogens is 3. The van der Waals surface area contributed by atoms with Crippen molar-refractivity contribution in [2.75, 3.05) is 19.8 Å². The van der Waals surface area contributed by atoms with Gasteiger partial charge in [0.05, 0.1) is 33.3 Å². The predicted octanol–water partition coefficient (Wildman–Crippen LogP) is 2.94. The van der Waals surface area contributed by atoms with E-state index >= 15 is 0 Å². The third-order valence-corrected chi connectivity index (χ3v) is 7.05. The minimum Gasteiger partial charge on any atom is -0.387 e. The van der Waals surface area contributed by atoms with Crippen LogP contribution in [0.25, 0.3) is 0 Å². The van der Waals surface area contributed by atoms with Crippen LogP contribution in [0.5, 0.6) is 0 Å². The third-order valence-electron chi connectivity index (χ3n) is 5.21. The molecule has 0 saturated carbocycles. The Morgan fingerprint density at radius 1 is 1.29 bits per heavy atom. The molecule has 34 heavy (non-hydrogen) atoms. The van der Waals surface area contributed by atoms with Crippen molar-refractivity contribution >= 4 is 56.6 Å². The van der Waals surface area contributed by atoms with Crippen molar-refractivity contribution in [2.45, 2.75) is 37.5 Å². The van der Waals surface area contributed by atoms with Crippen molar-refractivity contribution in [3.8, 4) is 0 Å². The molecule has 12 heteroatoms. The first-order valence-corrected chi connectivity index (χ1v) is 12.4. The second-order valence-electron chi connectivity index (χ2n) is 8.07. The fraction of sp³-hybridized carbons (Fsp3) is 0.409. The van der Waals surface area contributed by atoms with Crippen molar-refractivity contribution in [1.29, 1.82) is 0 Å². The van der Waals surface area contributed by atoms with Gasteiger partial charge >= 0.3 is 0 Å². The van der Waals surface area contributed by atoms with Crippen LogP contribution in [0.2, 0.25) is 5.02 Å². The second-order valence-corrected chi connectivity index (χ2v) is 11.0. The highest BCUT2D eigenvalue weighted by molar-refractivity contribution is 9.11. The summed E-state index contributed by atoms with van der Waals surface area (Å²) in [6.07, 6.45) is 0.120. The Morgan fingerprint density at radius 2 is 2.06 bits per heavy atom. The molecule has 0 aliphatic carbocycles. The molecule has 8 nitrogen and oxygen atoms in total. The van der Waals surface area contributed by atoms with Crippen LogP contribution in [0.1, 0.15) is 41.0 Å². The zero-order valence-electron chi connectivity index (χ0n) is 18.2. The monoisotopic (exact) mass is 575 g/mol. The first-order valence-electron chi connectivity index (χ1n) is 10.4. The maximum absolute atomic E-state index is 14.0. The van der Waals surface area contributed by atoms with Crippen LogP contribution in [0.15, 0.2) is 34.1 Å². The lowest BCUT2D eigenvalue weighted by Crippen LogP contribution is -2.47. The number of hydrogen-bond donors (Lipinski definition) is 4. The van der Waals surface area contributed by atoms with Crippen LogP contribution in [-0.2, 0) is 14.3 Å². The van der Waals surface area contributed by atoms with E-state index in [9.17, 15) is 23.9 Å². The Kier molecular flexibility index (Phi) is 9.05. The summed E-state index contributed by atoms with van der Waals surface area (Å²) in [6, 6.07) is 5.49. The SMILES string of the molecule is CC(NC(=O)c1ccc(Br)s1)C(=O)NCC(NC(=O)CC1(O)CCOC1)c1cc(F)cc(Cl)c1. The largest absolute Gasteiger partial charge is 0.387 e. The molecule has 1 aromatic heterocycles. The van der Waals surface area contributed by atoms with Gasteiger partial charge < -0.3 is 25.8 Å². The second kappa shape index (κ2) is 11.6. The molecule has 1 aliphatic rings. The van der Waals surface area contributed by atoms with Gasteiger partial charge in [0.2, 0.25) is 11.8 Å². The van der Waals surface area contributed by atoms with Crippen molar-refractivity contribution in [3.63, 3.8) is 0 Å². The number of hydrogen-bond acceptors (Lipinski definition) is 6. The fourth-order valence-corrected chi connectivity index (χ4v) is 4.95. The molecule has 1 aliphatic heterocycles. The number of amides is 3. The van der Waals surface area contributed by atoms with E-state index in [0.29, 0.717) is 23.5 Å². The Labute approximate surface area is 213 Å². The number of nitrogens with one attached hydrogen (secondary N) is 3. The summed E-state index contributed by atoms with van der Waals surface area (Å²) in [5.74, 6) is -1.98. The molecule has 0 radical (unpaired) electrons. The number of ether oxygens (including phenoxy) is 1. The van der Waals surface area contributed by atoms with Crippen molar-refractivity contribution < 1.29 is 28.6 Å². The molecule has 2 heterocycles. The Bertz CT molecular complexity index is 1040. The molecular weight excluding hydrogens is 553 g/mol. The van der Waals surface area contributed by atoms with E-state index in [2.05, 4.69) is 31.9 Å². The average Bonchev–Trinajstić information content (AvgIpc) is 3.38. The molecule has 0 bridgehead atoms. The minimum absolute atomic E-state index is 0.0473. The van der Waals surface area contributed by atoms with Gasteiger partial charge in [-0.25, -0.2) is 4.39 Å². The van der Waals surface area contributed by atoms with E-state index in [1.54, 1.807) is 12.1 Å². The summed E-state index contributed by atoms with van der Waals surface area (Å²) in [7, 11) is 0. The number of rotatable bonds is 9. The standard InChI is InChI=1S/C22H24BrClFN3O5S/c1-12(27-21(31)17-2-3-18(23)34-17)20(30)26-10-16(13-6-14(24)8-15(25)7-13)28-19(29)9-22(32)4-5-33-11-22/h2-3,6-8,12,16,32H,4-5,9-11H2,1H3,(H,26,30)(H,27,31)(H,28,29). The van der Waals surface area contributed by atoms with Gasteiger partial charge in [-0.3, -0.25) is 14.4 Å². The highest BCUT2D eigenvalue weighted by atomic mass is 79.9. The maximum atomic E-state index is 14.0. The summed E-state index contributed by atoms with van der Waals surface area (Å²) < 4.78 is 19.9. The van der Waals surface area contributed by atoms with Gasteiger partial charge in [0.25, 0.3) is 5.91 Å². The van der Waals surface area contributed by atoms with Gasteiger partial charge in [0.15, 0.2) is 0 Å². The van der Waals surface area contributed by atoms with Gasteiger partial charge in [-0.05, 0) is 58.7 Å². The summed E-state index contributed by atoms with van der Waals surface area (Å²) in [5.41, 5.74) is -0.930. The number of carbonyl (C=O) groups is 3. The molecule has 3 atom stereocenters. The Balaban J connectivity index is 1.64. The quantitative estimate of drug-likeness (QED) is 0.366. The lowest BCUT2D eigenvalue weighted by Gasteiger charge is -2.24. The first kappa shape index (κ1) is 26.6. The van der Waals surface area contributed by atoms with Crippen LogP contribution < -0.4 is 16.0 Å². The van der Waals surface area contributed by atoms with Crippen LogP contribution in [0.4, 0.5) is 4.39 Å². The molecule has 4 N–H and O–H groups in total. The van der Waals surface area contributed by atoms with Gasteiger partial charge in [0.1, 0.15) is 11.9 Å². The van der Waals surface area contributed by atoms with E-state index in [1.807, 2.05) is 0 Å². The van der Waals surface area contributed by atoms with Gasteiger partial charge in [-0.15, -0.1) is 11.3 Å². The molecule has 2 aromatic rings. The highest BCUT2D eigenvalue weighted by Crippen LogP contribution is 2.24. The number of carbonyl (C=O) groups excluding carboxylic acids is 3. The summed E-state index contributed by atoms with van der Waals surface area (Å²) >= 11 is 10.5. The molecular formula is C22H24BrClFN3O5S. The number of benzene rings is 1. The van der Waals surface area contributed by atoms with Crippen LogP contribution >= 0.6 is 38.9 Å². The minimum atomic E-state index is -1.27. The zero-order valence-corrected chi connectivity index (χ0v) is 21.4. The summed E-state index contributed by atoms with van der Waals surface area (Å²) in [4.78, 5) is 38.0. The van der Waals surface area contributed by atoms with Crippen LogP contribution in [0.3, 0.4) is 0 Å². The lowest BCUT2D eigenvalue weighted by molar-refractivity contribution is -0.127. The lowest BCUT2D eigenvalue weighted by atomic mass is 9.98. The molecule has 3 rings (SSSR count). The topological polar surface area (TPSA) is 117 Å². The van der Waals surface area contributed by atoms with E-state index in [0.717, 1.165) is 9.85 Å². The number of aliphatic hydroxyl groups is 1. The Morgan fingerprint density at radius 3 is 2.68 bits per heavy atom. The van der Waals surface area contributed by atoms with Crippen LogP contribution in [-0.4, -0.2) is 54.2 Å². The molecule has 184 valence electrons. The summed E-state index contributed by atoms with van der Waals surface area (Å²) in [5, 5.41) is 18.5.